The Hall–Kier alpha value is -1.98. The van der Waals surface area contributed by atoms with Crippen LogP contribution in [0.25, 0.3) is 0 Å². The summed E-state index contributed by atoms with van der Waals surface area (Å²) in [5.41, 5.74) is 1.22. The van der Waals surface area contributed by atoms with E-state index in [0.29, 0.717) is 6.61 Å². The molecule has 0 N–H and O–H groups in total. The van der Waals surface area contributed by atoms with Crippen LogP contribution in [0.5, 0.6) is 0 Å². The standard InChI is InChI=1S/C18H23N3O2/c1-14-11-21(12-16(23-14)13-22-2)18-8-9-19-17(20-18)10-15-6-4-3-5-7-15/h3-9,14,16H,10-13H2,1-2H3. The third-order valence-electron chi connectivity index (χ3n) is 3.90. The summed E-state index contributed by atoms with van der Waals surface area (Å²) >= 11 is 0. The van der Waals surface area contributed by atoms with Crippen molar-refractivity contribution in [3.63, 3.8) is 0 Å². The summed E-state index contributed by atoms with van der Waals surface area (Å²) in [4.78, 5) is 11.4. The number of ether oxygens (including phenoxy) is 2. The second-order valence-corrected chi connectivity index (χ2v) is 5.92. The van der Waals surface area contributed by atoms with Gasteiger partial charge in [0.1, 0.15) is 11.6 Å². The van der Waals surface area contributed by atoms with E-state index in [1.807, 2.05) is 30.5 Å². The first-order valence-electron chi connectivity index (χ1n) is 8.00. The largest absolute Gasteiger partial charge is 0.382 e. The van der Waals surface area contributed by atoms with Crippen molar-refractivity contribution in [3.8, 4) is 0 Å². The molecule has 5 heteroatoms. The fourth-order valence-corrected chi connectivity index (χ4v) is 2.94. The number of morpholine rings is 1. The Labute approximate surface area is 137 Å². The fourth-order valence-electron chi connectivity index (χ4n) is 2.94. The quantitative estimate of drug-likeness (QED) is 0.848. The third kappa shape index (κ3) is 4.27. The highest BCUT2D eigenvalue weighted by Crippen LogP contribution is 2.19. The molecule has 2 heterocycles. The lowest BCUT2D eigenvalue weighted by Crippen LogP contribution is -2.48. The maximum Gasteiger partial charge on any atom is 0.135 e. The molecule has 1 saturated heterocycles. The molecule has 23 heavy (non-hydrogen) atoms. The minimum absolute atomic E-state index is 0.0799. The van der Waals surface area contributed by atoms with Crippen molar-refractivity contribution in [2.75, 3.05) is 31.7 Å². The molecule has 5 nitrogen and oxygen atoms in total. The molecule has 0 bridgehead atoms. The monoisotopic (exact) mass is 313 g/mol. The summed E-state index contributed by atoms with van der Waals surface area (Å²) in [7, 11) is 1.70. The molecule has 0 radical (unpaired) electrons. The summed E-state index contributed by atoms with van der Waals surface area (Å²) in [5, 5.41) is 0. The summed E-state index contributed by atoms with van der Waals surface area (Å²) in [6.07, 6.45) is 2.83. The van der Waals surface area contributed by atoms with Gasteiger partial charge in [0.25, 0.3) is 0 Å². The number of hydrogen-bond donors (Lipinski definition) is 0. The maximum absolute atomic E-state index is 5.89. The van der Waals surface area contributed by atoms with E-state index in [4.69, 9.17) is 14.5 Å². The highest BCUT2D eigenvalue weighted by molar-refractivity contribution is 5.39. The molecule has 1 aliphatic heterocycles. The zero-order chi connectivity index (χ0) is 16.1. The summed E-state index contributed by atoms with van der Waals surface area (Å²) in [5.74, 6) is 1.80. The Morgan fingerprint density at radius 3 is 2.83 bits per heavy atom. The smallest absolute Gasteiger partial charge is 0.135 e. The van der Waals surface area contributed by atoms with Crippen molar-refractivity contribution < 1.29 is 9.47 Å². The van der Waals surface area contributed by atoms with Crippen molar-refractivity contribution in [2.24, 2.45) is 0 Å². The van der Waals surface area contributed by atoms with Crippen molar-refractivity contribution in [1.82, 2.24) is 9.97 Å². The summed E-state index contributed by atoms with van der Waals surface area (Å²) in [6.45, 7) is 4.31. The Morgan fingerprint density at radius 1 is 1.22 bits per heavy atom. The molecular formula is C18H23N3O2. The molecule has 1 aromatic heterocycles. The second-order valence-electron chi connectivity index (χ2n) is 5.92. The van der Waals surface area contributed by atoms with Gasteiger partial charge in [-0.05, 0) is 18.6 Å². The molecule has 2 unspecified atom stereocenters. The summed E-state index contributed by atoms with van der Waals surface area (Å²) < 4.78 is 11.1. The molecule has 1 aromatic carbocycles. The van der Waals surface area contributed by atoms with E-state index in [1.165, 1.54) is 5.56 Å². The highest BCUT2D eigenvalue weighted by Gasteiger charge is 2.26. The molecule has 1 fully saturated rings. The van der Waals surface area contributed by atoms with E-state index in [2.05, 4.69) is 28.9 Å². The number of hydrogen-bond acceptors (Lipinski definition) is 5. The molecule has 1 aliphatic rings. The molecule has 0 spiro atoms. The van der Waals surface area contributed by atoms with Crippen molar-refractivity contribution in [1.29, 1.82) is 0 Å². The molecule has 3 rings (SSSR count). The Morgan fingerprint density at radius 2 is 2.04 bits per heavy atom. The average Bonchev–Trinajstić information content (AvgIpc) is 2.56. The minimum Gasteiger partial charge on any atom is -0.382 e. The number of benzene rings is 1. The molecular weight excluding hydrogens is 290 g/mol. The van der Waals surface area contributed by atoms with Crippen LogP contribution in [0.4, 0.5) is 5.82 Å². The van der Waals surface area contributed by atoms with Gasteiger partial charge in [0, 0.05) is 32.8 Å². The van der Waals surface area contributed by atoms with Gasteiger partial charge in [-0.15, -0.1) is 0 Å². The lowest BCUT2D eigenvalue weighted by Gasteiger charge is -2.37. The number of anilines is 1. The van der Waals surface area contributed by atoms with E-state index in [1.54, 1.807) is 7.11 Å². The molecule has 0 aliphatic carbocycles. The van der Waals surface area contributed by atoms with Crippen LogP contribution in [0.3, 0.4) is 0 Å². The van der Waals surface area contributed by atoms with Crippen LogP contribution in [0.1, 0.15) is 18.3 Å². The molecule has 0 amide bonds. The highest BCUT2D eigenvalue weighted by atomic mass is 16.5. The molecule has 2 aromatic rings. The minimum atomic E-state index is 0.0799. The first-order valence-corrected chi connectivity index (χ1v) is 8.00. The van der Waals surface area contributed by atoms with Gasteiger partial charge in [0.2, 0.25) is 0 Å². The van der Waals surface area contributed by atoms with Crippen LogP contribution in [-0.2, 0) is 15.9 Å². The molecule has 122 valence electrons. The number of nitrogens with zero attached hydrogens (tertiary/aromatic N) is 3. The van der Waals surface area contributed by atoms with Crippen molar-refractivity contribution in [3.05, 3.63) is 54.0 Å². The van der Waals surface area contributed by atoms with E-state index in [-0.39, 0.29) is 12.2 Å². The number of methoxy groups -OCH3 is 1. The van der Waals surface area contributed by atoms with Gasteiger partial charge in [-0.2, -0.15) is 0 Å². The number of aromatic nitrogens is 2. The zero-order valence-corrected chi connectivity index (χ0v) is 13.7. The normalized spacial score (nSPS) is 21.4. The van der Waals surface area contributed by atoms with Crippen LogP contribution in [-0.4, -0.2) is 49.0 Å². The SMILES string of the molecule is COCC1CN(c2ccnc(Cc3ccccc3)n2)CC(C)O1. The van der Waals surface area contributed by atoms with E-state index >= 15 is 0 Å². The van der Waals surface area contributed by atoms with Gasteiger partial charge in [-0.3, -0.25) is 0 Å². The molecule has 0 saturated carbocycles. The fraction of sp³-hybridized carbons (Fsp3) is 0.444. The maximum atomic E-state index is 5.89. The van der Waals surface area contributed by atoms with E-state index in [0.717, 1.165) is 31.2 Å². The van der Waals surface area contributed by atoms with Gasteiger partial charge in [-0.1, -0.05) is 30.3 Å². The zero-order valence-electron chi connectivity index (χ0n) is 13.7. The van der Waals surface area contributed by atoms with Crippen LogP contribution < -0.4 is 4.90 Å². The first-order chi connectivity index (χ1) is 11.2. The Balaban J connectivity index is 1.73. The second kappa shape index (κ2) is 7.53. The summed E-state index contributed by atoms with van der Waals surface area (Å²) in [6, 6.07) is 12.3. The van der Waals surface area contributed by atoms with Crippen LogP contribution in [0, 0.1) is 0 Å². The lowest BCUT2D eigenvalue weighted by atomic mass is 10.1. The van der Waals surface area contributed by atoms with Gasteiger partial charge in [-0.25, -0.2) is 9.97 Å². The Bertz CT molecular complexity index is 621. The van der Waals surface area contributed by atoms with E-state index < -0.39 is 0 Å². The predicted molar refractivity (Wildman–Crippen MR) is 89.7 cm³/mol. The average molecular weight is 313 g/mol. The lowest BCUT2D eigenvalue weighted by molar-refractivity contribution is -0.0512. The third-order valence-corrected chi connectivity index (χ3v) is 3.90. The van der Waals surface area contributed by atoms with Gasteiger partial charge >= 0.3 is 0 Å². The topological polar surface area (TPSA) is 47.5 Å². The Kier molecular flexibility index (Phi) is 5.20. The van der Waals surface area contributed by atoms with Crippen LogP contribution in [0.2, 0.25) is 0 Å². The van der Waals surface area contributed by atoms with Crippen molar-refractivity contribution in [2.45, 2.75) is 25.6 Å². The predicted octanol–water partition coefficient (Wildman–Crippen LogP) is 2.31. The van der Waals surface area contributed by atoms with E-state index in [9.17, 15) is 0 Å². The van der Waals surface area contributed by atoms with Crippen LogP contribution in [0.15, 0.2) is 42.6 Å². The van der Waals surface area contributed by atoms with Gasteiger partial charge in [0.15, 0.2) is 0 Å². The molecule has 2 atom stereocenters. The van der Waals surface area contributed by atoms with Gasteiger partial charge < -0.3 is 14.4 Å². The number of rotatable bonds is 5. The first kappa shape index (κ1) is 15.9. The van der Waals surface area contributed by atoms with Gasteiger partial charge in [0.05, 0.1) is 18.8 Å². The van der Waals surface area contributed by atoms with Crippen molar-refractivity contribution >= 4 is 5.82 Å². The van der Waals surface area contributed by atoms with Crippen LogP contribution >= 0.6 is 0 Å².